The summed E-state index contributed by atoms with van der Waals surface area (Å²) in [7, 11) is 0. The Morgan fingerprint density at radius 3 is 2.54 bits per heavy atom. The van der Waals surface area contributed by atoms with E-state index in [2.05, 4.69) is 66.8 Å². The van der Waals surface area contributed by atoms with Crippen LogP contribution in [0.15, 0.2) is 48.5 Å². The van der Waals surface area contributed by atoms with Crippen molar-refractivity contribution < 1.29 is 4.79 Å². The van der Waals surface area contributed by atoms with E-state index in [4.69, 9.17) is 0 Å². The van der Waals surface area contributed by atoms with Crippen LogP contribution in [0.1, 0.15) is 61.0 Å². The van der Waals surface area contributed by atoms with Crippen molar-refractivity contribution in [2.45, 2.75) is 52.0 Å². The van der Waals surface area contributed by atoms with Crippen LogP contribution in [0.2, 0.25) is 0 Å². The van der Waals surface area contributed by atoms with Gasteiger partial charge in [0.1, 0.15) is 12.4 Å². The minimum Gasteiger partial charge on any atom is -0.290 e. The molecule has 0 radical (unpaired) electrons. The van der Waals surface area contributed by atoms with Gasteiger partial charge in [-0.3, -0.25) is 4.79 Å². The molecule has 5 rings (SSSR count). The van der Waals surface area contributed by atoms with Gasteiger partial charge in [-0.2, -0.15) is 5.21 Å². The fourth-order valence-electron chi connectivity index (χ4n) is 4.63. The topological polar surface area (TPSA) is 102 Å². The fourth-order valence-corrected chi connectivity index (χ4v) is 4.63. The molecule has 2 aromatic heterocycles. The Hall–Kier alpha value is -4.12. The van der Waals surface area contributed by atoms with E-state index in [1.165, 1.54) is 6.42 Å². The Labute approximate surface area is 204 Å². The van der Waals surface area contributed by atoms with Crippen molar-refractivity contribution in [1.82, 2.24) is 35.4 Å². The van der Waals surface area contributed by atoms with Crippen molar-refractivity contribution in [3.63, 3.8) is 0 Å². The first kappa shape index (κ1) is 22.7. The first-order valence-corrected chi connectivity index (χ1v) is 12.0. The van der Waals surface area contributed by atoms with Crippen LogP contribution in [0, 0.1) is 17.8 Å². The van der Waals surface area contributed by atoms with Crippen LogP contribution in [-0.2, 0) is 13.0 Å². The number of H-pyrrole nitrogens is 1. The lowest BCUT2D eigenvalue weighted by Crippen LogP contribution is -2.19. The Kier molecular flexibility index (Phi) is 6.75. The van der Waals surface area contributed by atoms with E-state index in [1.807, 2.05) is 24.3 Å². The monoisotopic (exact) mass is 465 g/mol. The van der Waals surface area contributed by atoms with Gasteiger partial charge in [0.2, 0.25) is 17.4 Å². The first-order valence-electron chi connectivity index (χ1n) is 12.0. The summed E-state index contributed by atoms with van der Waals surface area (Å²) in [4.78, 5) is 17.7. The highest BCUT2D eigenvalue weighted by molar-refractivity contribution is 5.94. The Balaban J connectivity index is 1.39. The molecule has 0 atom stereocenters. The summed E-state index contributed by atoms with van der Waals surface area (Å²) in [6.45, 7) is 2.22. The molecule has 0 amide bonds. The van der Waals surface area contributed by atoms with Crippen LogP contribution in [0.3, 0.4) is 0 Å². The maximum absolute atomic E-state index is 13.0. The molecule has 1 fully saturated rings. The molecule has 35 heavy (non-hydrogen) atoms. The summed E-state index contributed by atoms with van der Waals surface area (Å²) in [6, 6.07) is 16.3. The van der Waals surface area contributed by atoms with E-state index in [0.29, 0.717) is 24.6 Å². The number of aromatic amines is 1. The van der Waals surface area contributed by atoms with Crippen molar-refractivity contribution in [1.29, 1.82) is 0 Å². The van der Waals surface area contributed by atoms with Gasteiger partial charge in [-0.15, -0.1) is 21.2 Å². The molecule has 0 aliphatic heterocycles. The van der Waals surface area contributed by atoms with Crippen LogP contribution in [0.4, 0.5) is 0 Å². The van der Waals surface area contributed by atoms with Gasteiger partial charge in [0.15, 0.2) is 0 Å². The molecule has 8 nitrogen and oxygen atoms in total. The number of carbonyl (C=O) groups is 1. The highest BCUT2D eigenvalue weighted by Crippen LogP contribution is 2.30. The first-order chi connectivity index (χ1) is 17.2. The highest BCUT2D eigenvalue weighted by atomic mass is 16.1. The molecule has 2 aromatic carbocycles. The molecule has 4 aromatic rings. The van der Waals surface area contributed by atoms with Crippen molar-refractivity contribution in [2.75, 3.05) is 0 Å². The average molecular weight is 466 g/mol. The third kappa shape index (κ3) is 5.04. The van der Waals surface area contributed by atoms with Crippen molar-refractivity contribution in [3.05, 3.63) is 65.7 Å². The van der Waals surface area contributed by atoms with Crippen molar-refractivity contribution in [3.8, 4) is 34.4 Å². The van der Waals surface area contributed by atoms with E-state index in [9.17, 15) is 4.79 Å². The summed E-state index contributed by atoms with van der Waals surface area (Å²) < 4.78 is 1.77. The molecule has 176 valence electrons. The predicted molar refractivity (Wildman–Crippen MR) is 132 cm³/mol. The summed E-state index contributed by atoms with van der Waals surface area (Å²) in [5.41, 5.74) is 4.08. The van der Waals surface area contributed by atoms with Gasteiger partial charge in [0, 0.05) is 17.9 Å². The number of ketones is 1. The molecule has 0 unspecified atom stereocenters. The summed E-state index contributed by atoms with van der Waals surface area (Å²) in [5, 5.41) is 19.0. The predicted octanol–water partition coefficient (Wildman–Crippen LogP) is 4.50. The zero-order valence-electron chi connectivity index (χ0n) is 19.7. The third-order valence-electron chi connectivity index (χ3n) is 6.49. The van der Waals surface area contributed by atoms with Crippen molar-refractivity contribution in [2.24, 2.45) is 5.92 Å². The van der Waals surface area contributed by atoms with Crippen LogP contribution in [-0.4, -0.2) is 41.2 Å². The summed E-state index contributed by atoms with van der Waals surface area (Å²) >= 11 is 0. The lowest BCUT2D eigenvalue weighted by Gasteiger charge is -2.18. The SMILES string of the molecule is CC#CCn1nc(C(=O)C2CCCCC2)nc1Cc1ccc(-c2ccccc2-c2nn[nH]n2)cc1. The molecule has 2 heterocycles. The highest BCUT2D eigenvalue weighted by Gasteiger charge is 2.26. The van der Waals surface area contributed by atoms with Gasteiger partial charge < -0.3 is 0 Å². The number of carbonyl (C=O) groups excluding carboxylic acids is 1. The maximum Gasteiger partial charge on any atom is 0.217 e. The second-order valence-corrected chi connectivity index (χ2v) is 8.79. The van der Waals surface area contributed by atoms with Gasteiger partial charge in [0.25, 0.3) is 0 Å². The average Bonchev–Trinajstić information content (AvgIpc) is 3.59. The third-order valence-corrected chi connectivity index (χ3v) is 6.49. The Morgan fingerprint density at radius 2 is 1.83 bits per heavy atom. The molecule has 0 bridgehead atoms. The lowest BCUT2D eigenvalue weighted by atomic mass is 9.86. The van der Waals surface area contributed by atoms with Gasteiger partial charge >= 0.3 is 0 Å². The normalized spacial score (nSPS) is 13.9. The quantitative estimate of drug-likeness (QED) is 0.318. The van der Waals surface area contributed by atoms with E-state index >= 15 is 0 Å². The molecule has 0 spiro atoms. The maximum atomic E-state index is 13.0. The molecule has 1 aliphatic rings. The largest absolute Gasteiger partial charge is 0.290 e. The van der Waals surface area contributed by atoms with E-state index in [0.717, 1.165) is 53.8 Å². The second-order valence-electron chi connectivity index (χ2n) is 8.79. The number of rotatable bonds is 7. The van der Waals surface area contributed by atoms with Crippen LogP contribution in [0.5, 0.6) is 0 Å². The number of Topliss-reactive ketones (excluding diaryl/α,β-unsaturated/α-hetero) is 1. The van der Waals surface area contributed by atoms with Gasteiger partial charge in [-0.1, -0.05) is 73.7 Å². The van der Waals surface area contributed by atoms with Gasteiger partial charge in [-0.05, 0) is 41.7 Å². The van der Waals surface area contributed by atoms with Crippen LogP contribution < -0.4 is 0 Å². The number of hydrogen-bond donors (Lipinski definition) is 1. The molecule has 1 saturated carbocycles. The Bertz CT molecular complexity index is 1350. The molecule has 0 saturated heterocycles. The summed E-state index contributed by atoms with van der Waals surface area (Å²) in [6.07, 6.45) is 5.86. The number of benzene rings is 2. The van der Waals surface area contributed by atoms with Crippen molar-refractivity contribution >= 4 is 5.78 Å². The standard InChI is InChI=1S/C27H27N7O/c1-2-3-17-34-24(28-27(31-34)25(35)21-9-5-4-6-10-21)18-19-13-15-20(16-14-19)22-11-7-8-12-23(22)26-29-32-33-30-26/h7-8,11-16,21H,4-6,9-10,17-18H2,1H3,(H,29,30,32,33). The molecular formula is C27H27N7O. The molecular weight excluding hydrogens is 438 g/mol. The molecule has 8 heteroatoms. The van der Waals surface area contributed by atoms with Gasteiger partial charge in [0.05, 0.1) is 0 Å². The number of nitrogens with zero attached hydrogens (tertiary/aromatic N) is 6. The number of nitrogens with one attached hydrogen (secondary N) is 1. The molecule has 1 N–H and O–H groups in total. The summed E-state index contributed by atoms with van der Waals surface area (Å²) in [5.74, 6) is 7.73. The van der Waals surface area contributed by atoms with Crippen LogP contribution in [0.25, 0.3) is 22.5 Å². The van der Waals surface area contributed by atoms with Gasteiger partial charge in [-0.25, -0.2) is 9.67 Å². The number of hydrogen-bond acceptors (Lipinski definition) is 6. The minimum atomic E-state index is 0.0447. The second kappa shape index (κ2) is 10.4. The minimum absolute atomic E-state index is 0.0447. The van der Waals surface area contributed by atoms with Crippen LogP contribution >= 0.6 is 0 Å². The van der Waals surface area contributed by atoms with E-state index < -0.39 is 0 Å². The smallest absolute Gasteiger partial charge is 0.217 e. The zero-order chi connectivity index (χ0) is 24.0. The lowest BCUT2D eigenvalue weighted by molar-refractivity contribution is 0.0878. The van der Waals surface area contributed by atoms with E-state index in [-0.39, 0.29) is 11.7 Å². The fraction of sp³-hybridized carbons (Fsp3) is 0.333. The number of tetrazole rings is 1. The number of aromatic nitrogens is 7. The zero-order valence-corrected chi connectivity index (χ0v) is 19.7. The Morgan fingerprint density at radius 1 is 1.06 bits per heavy atom. The molecule has 1 aliphatic carbocycles. The van der Waals surface area contributed by atoms with E-state index in [1.54, 1.807) is 11.6 Å².